The molecule has 1 aromatic carbocycles. The van der Waals surface area contributed by atoms with E-state index in [0.29, 0.717) is 23.4 Å². The van der Waals surface area contributed by atoms with Crippen molar-refractivity contribution < 1.29 is 9.53 Å². The van der Waals surface area contributed by atoms with Crippen molar-refractivity contribution in [2.24, 2.45) is 0 Å². The number of benzene rings is 1. The minimum atomic E-state index is -0.517. The maximum absolute atomic E-state index is 12.0. The number of hydrogen-bond acceptors (Lipinski definition) is 7. The van der Waals surface area contributed by atoms with E-state index in [9.17, 15) is 4.79 Å². The van der Waals surface area contributed by atoms with E-state index < -0.39 is 6.09 Å². The Bertz CT molecular complexity index is 764. The van der Waals surface area contributed by atoms with Gasteiger partial charge in [0.05, 0.1) is 0 Å². The van der Waals surface area contributed by atoms with E-state index in [4.69, 9.17) is 4.74 Å². The first kappa shape index (κ1) is 14.9. The van der Waals surface area contributed by atoms with Crippen LogP contribution in [0.2, 0.25) is 0 Å². The van der Waals surface area contributed by atoms with Crippen LogP contribution in [-0.2, 0) is 4.74 Å². The van der Waals surface area contributed by atoms with E-state index in [2.05, 4.69) is 15.3 Å². The van der Waals surface area contributed by atoms with Crippen LogP contribution in [0.3, 0.4) is 0 Å². The molecule has 0 saturated carbocycles. The maximum Gasteiger partial charge on any atom is 0.436 e. The highest BCUT2D eigenvalue weighted by Crippen LogP contribution is 2.28. The summed E-state index contributed by atoms with van der Waals surface area (Å²) in [6.45, 7) is 0.303. The largest absolute Gasteiger partial charge is 0.447 e. The van der Waals surface area contributed by atoms with Crippen LogP contribution < -0.4 is 0 Å². The van der Waals surface area contributed by atoms with Gasteiger partial charge in [-0.2, -0.15) is 0 Å². The van der Waals surface area contributed by atoms with Crippen molar-refractivity contribution >= 4 is 38.7 Å². The minimum Gasteiger partial charge on any atom is -0.447 e. The van der Waals surface area contributed by atoms with Gasteiger partial charge >= 0.3 is 6.09 Å². The molecule has 0 saturated heterocycles. The molecular weight excluding hydrogens is 320 g/mol. The molecule has 0 unspecified atom stereocenters. The summed E-state index contributed by atoms with van der Waals surface area (Å²) in [6, 6.07) is 13.0. The number of fused-ring (bicyclic) bond motifs is 1. The Balaban J connectivity index is 1.47. The van der Waals surface area contributed by atoms with E-state index in [1.807, 2.05) is 30.3 Å². The van der Waals surface area contributed by atoms with Crippen LogP contribution in [0.15, 0.2) is 53.7 Å². The van der Waals surface area contributed by atoms with Gasteiger partial charge < -0.3 is 4.74 Å². The number of carbonyl (C=O) groups is 1. The van der Waals surface area contributed by atoms with Crippen molar-refractivity contribution in [3.8, 4) is 0 Å². The van der Waals surface area contributed by atoms with Gasteiger partial charge in [-0.1, -0.05) is 34.2 Å². The van der Waals surface area contributed by atoms with E-state index in [1.54, 1.807) is 39.9 Å². The summed E-state index contributed by atoms with van der Waals surface area (Å²) in [5.41, 5.74) is 1.31. The molecule has 0 fully saturated rings. The van der Waals surface area contributed by atoms with Crippen molar-refractivity contribution in [1.29, 1.82) is 0 Å². The van der Waals surface area contributed by atoms with Crippen molar-refractivity contribution in [2.45, 2.75) is 5.03 Å². The van der Waals surface area contributed by atoms with E-state index in [1.165, 1.54) is 4.68 Å². The van der Waals surface area contributed by atoms with Gasteiger partial charge in [-0.15, -0.1) is 9.78 Å². The zero-order valence-corrected chi connectivity index (χ0v) is 13.1. The Morgan fingerprint density at radius 2 is 2.05 bits per heavy atom. The molecular formula is C14H12N4O2S2. The average molecular weight is 332 g/mol. The third-order valence-electron chi connectivity index (χ3n) is 2.70. The number of carbonyl (C=O) groups excluding carboxylic acids is 1. The number of rotatable bonds is 5. The molecule has 2 heterocycles. The smallest absolute Gasteiger partial charge is 0.436 e. The van der Waals surface area contributed by atoms with E-state index in [0.717, 1.165) is 5.03 Å². The fourth-order valence-corrected chi connectivity index (χ4v) is 3.43. The third-order valence-corrected chi connectivity index (χ3v) is 4.93. The van der Waals surface area contributed by atoms with Crippen LogP contribution in [0.25, 0.3) is 11.0 Å². The lowest BCUT2D eigenvalue weighted by atomic mass is 10.3. The molecule has 0 aliphatic rings. The molecule has 0 spiro atoms. The van der Waals surface area contributed by atoms with Crippen LogP contribution in [0, 0.1) is 0 Å². The van der Waals surface area contributed by atoms with Crippen LogP contribution in [0.5, 0.6) is 0 Å². The Morgan fingerprint density at radius 1 is 1.18 bits per heavy atom. The summed E-state index contributed by atoms with van der Waals surface area (Å²) in [5.74, 6) is 0.666. The molecule has 3 rings (SSSR count). The standard InChI is InChI=1S/C14H12N4O2S2/c19-14(18-12-6-2-1-5-11(12)16-17-18)20-9-10-21-22-13-7-3-4-8-15-13/h1-8H,9-10H2. The molecule has 2 aromatic heterocycles. The maximum atomic E-state index is 12.0. The molecule has 0 bridgehead atoms. The summed E-state index contributed by atoms with van der Waals surface area (Å²) in [6.07, 6.45) is 1.23. The number of ether oxygens (including phenoxy) is 1. The second kappa shape index (κ2) is 7.28. The highest BCUT2D eigenvalue weighted by atomic mass is 33.1. The Hall–Kier alpha value is -2.06. The lowest BCUT2D eigenvalue weighted by Gasteiger charge is -2.04. The molecule has 0 radical (unpaired) electrons. The quantitative estimate of drug-likeness (QED) is 0.524. The molecule has 0 aliphatic carbocycles. The molecule has 0 amide bonds. The van der Waals surface area contributed by atoms with Crippen LogP contribution in [-0.4, -0.2) is 38.4 Å². The lowest BCUT2D eigenvalue weighted by Crippen LogP contribution is -2.16. The monoisotopic (exact) mass is 332 g/mol. The second-order valence-corrected chi connectivity index (χ2v) is 6.61. The number of pyridine rings is 1. The van der Waals surface area contributed by atoms with Crippen LogP contribution in [0.1, 0.15) is 0 Å². The molecule has 8 heteroatoms. The molecule has 3 aromatic rings. The van der Waals surface area contributed by atoms with Gasteiger partial charge in [-0.05, 0) is 35.1 Å². The van der Waals surface area contributed by atoms with Crippen molar-refractivity contribution in [1.82, 2.24) is 20.0 Å². The zero-order chi connectivity index (χ0) is 15.2. The summed E-state index contributed by atoms with van der Waals surface area (Å²) < 4.78 is 6.37. The molecule has 0 aliphatic heterocycles. The van der Waals surface area contributed by atoms with E-state index in [-0.39, 0.29) is 0 Å². The summed E-state index contributed by atoms with van der Waals surface area (Å²) in [4.78, 5) is 16.2. The number of hydrogen-bond donors (Lipinski definition) is 0. The third kappa shape index (κ3) is 3.58. The van der Waals surface area contributed by atoms with Gasteiger partial charge in [0.1, 0.15) is 22.7 Å². The first-order chi connectivity index (χ1) is 10.8. The van der Waals surface area contributed by atoms with E-state index >= 15 is 0 Å². The highest BCUT2D eigenvalue weighted by molar-refractivity contribution is 8.76. The van der Waals surface area contributed by atoms with Gasteiger partial charge in [-0.3, -0.25) is 0 Å². The number of aromatic nitrogens is 4. The topological polar surface area (TPSA) is 69.9 Å². The Morgan fingerprint density at radius 3 is 2.91 bits per heavy atom. The average Bonchev–Trinajstić information content (AvgIpc) is 2.99. The first-order valence-corrected chi connectivity index (χ1v) is 8.84. The summed E-state index contributed by atoms with van der Waals surface area (Å²) in [7, 11) is 3.13. The second-order valence-electron chi connectivity index (χ2n) is 4.18. The highest BCUT2D eigenvalue weighted by Gasteiger charge is 2.12. The normalized spacial score (nSPS) is 10.7. The van der Waals surface area contributed by atoms with Crippen LogP contribution >= 0.6 is 21.6 Å². The molecule has 0 atom stereocenters. The predicted octanol–water partition coefficient (Wildman–Crippen LogP) is 3.25. The predicted molar refractivity (Wildman–Crippen MR) is 86.8 cm³/mol. The molecule has 112 valence electrons. The summed E-state index contributed by atoms with van der Waals surface area (Å²) in [5, 5.41) is 8.66. The first-order valence-electron chi connectivity index (χ1n) is 6.53. The van der Waals surface area contributed by atoms with Gasteiger partial charge in [0.25, 0.3) is 0 Å². The van der Waals surface area contributed by atoms with Crippen LogP contribution in [0.4, 0.5) is 4.79 Å². The minimum absolute atomic E-state index is 0.303. The molecule has 22 heavy (non-hydrogen) atoms. The zero-order valence-electron chi connectivity index (χ0n) is 11.5. The number of para-hydroxylation sites is 1. The summed E-state index contributed by atoms with van der Waals surface area (Å²) >= 11 is 0. The SMILES string of the molecule is O=C(OCCSSc1ccccn1)n1nnc2ccccc21. The van der Waals surface area contributed by atoms with Gasteiger partial charge in [-0.25, -0.2) is 9.78 Å². The Kier molecular flexibility index (Phi) is 4.92. The number of nitrogens with zero attached hydrogens (tertiary/aromatic N) is 4. The van der Waals surface area contributed by atoms with Gasteiger partial charge in [0, 0.05) is 11.9 Å². The van der Waals surface area contributed by atoms with Gasteiger partial charge in [0.2, 0.25) is 0 Å². The van der Waals surface area contributed by atoms with Crippen molar-refractivity contribution in [2.75, 3.05) is 12.4 Å². The molecule has 0 N–H and O–H groups in total. The molecule has 6 nitrogen and oxygen atoms in total. The fourth-order valence-electron chi connectivity index (χ4n) is 1.73. The van der Waals surface area contributed by atoms with Crippen molar-refractivity contribution in [3.63, 3.8) is 0 Å². The fraction of sp³-hybridized carbons (Fsp3) is 0.143. The van der Waals surface area contributed by atoms with Gasteiger partial charge in [0.15, 0.2) is 0 Å². The Labute approximate surface area is 134 Å². The van der Waals surface area contributed by atoms with Crippen molar-refractivity contribution in [3.05, 3.63) is 48.7 Å². The lowest BCUT2D eigenvalue weighted by molar-refractivity contribution is 0.152.